The van der Waals surface area contributed by atoms with E-state index < -0.39 is 16.8 Å². The molecule has 1 aromatic heterocycles. The number of nitro groups is 1. The van der Waals surface area contributed by atoms with Crippen LogP contribution in [0.15, 0.2) is 30.5 Å². The zero-order valence-electron chi connectivity index (χ0n) is 8.23. The Morgan fingerprint density at radius 2 is 2.00 bits per heavy atom. The van der Waals surface area contributed by atoms with Gasteiger partial charge in [0.1, 0.15) is 5.69 Å². The average molecular weight is 242 g/mol. The van der Waals surface area contributed by atoms with Gasteiger partial charge in [0.25, 0.3) is 5.69 Å². The summed E-state index contributed by atoms with van der Waals surface area (Å²) >= 11 is 0. The van der Waals surface area contributed by atoms with Gasteiger partial charge in [0.05, 0.1) is 10.3 Å². The van der Waals surface area contributed by atoms with Crippen molar-refractivity contribution in [3.63, 3.8) is 0 Å². The van der Waals surface area contributed by atoms with Gasteiger partial charge in [0.2, 0.25) is 0 Å². The first-order valence-corrected chi connectivity index (χ1v) is 4.50. The Hall–Kier alpha value is -2.18. The summed E-state index contributed by atoms with van der Waals surface area (Å²) in [6, 6.07) is 4.71. The van der Waals surface area contributed by atoms with Crippen molar-refractivity contribution in [2.75, 3.05) is 0 Å². The van der Waals surface area contributed by atoms with Crippen molar-refractivity contribution in [2.24, 2.45) is 0 Å². The lowest BCUT2D eigenvalue weighted by atomic mass is 10.1. The molecule has 2 rings (SSSR count). The van der Waals surface area contributed by atoms with Crippen LogP contribution < -0.4 is 0 Å². The molecule has 0 unspecified atom stereocenters. The van der Waals surface area contributed by atoms with Crippen molar-refractivity contribution in [3.8, 4) is 0 Å². The van der Waals surface area contributed by atoms with E-state index in [1.54, 1.807) is 0 Å². The highest BCUT2D eigenvalue weighted by Crippen LogP contribution is 2.32. The molecular weight excluding hydrogens is 237 g/mol. The van der Waals surface area contributed by atoms with E-state index in [0.717, 1.165) is 12.3 Å². The van der Waals surface area contributed by atoms with Crippen LogP contribution in [-0.4, -0.2) is 9.91 Å². The minimum atomic E-state index is -4.61. The summed E-state index contributed by atoms with van der Waals surface area (Å²) in [7, 11) is 0. The number of nitrogens with zero attached hydrogens (tertiary/aromatic N) is 2. The number of aromatic nitrogens is 1. The van der Waals surface area contributed by atoms with Crippen molar-refractivity contribution in [3.05, 3.63) is 46.3 Å². The Balaban J connectivity index is 2.75. The predicted molar refractivity (Wildman–Crippen MR) is 53.4 cm³/mol. The molecule has 0 amide bonds. The highest BCUT2D eigenvalue weighted by atomic mass is 19.4. The number of hydrogen-bond acceptors (Lipinski definition) is 3. The lowest BCUT2D eigenvalue weighted by Crippen LogP contribution is -2.07. The molecule has 4 nitrogen and oxygen atoms in total. The van der Waals surface area contributed by atoms with Crippen molar-refractivity contribution in [1.82, 2.24) is 4.98 Å². The topological polar surface area (TPSA) is 56.0 Å². The molecule has 0 fully saturated rings. The van der Waals surface area contributed by atoms with E-state index in [0.29, 0.717) is 11.5 Å². The first-order valence-electron chi connectivity index (χ1n) is 4.50. The number of fused-ring (bicyclic) bond motifs is 1. The Labute approximate surface area is 92.8 Å². The fourth-order valence-electron chi connectivity index (χ4n) is 1.47. The fourth-order valence-corrected chi connectivity index (χ4v) is 1.47. The maximum atomic E-state index is 12.4. The van der Waals surface area contributed by atoms with Crippen molar-refractivity contribution >= 4 is 16.5 Å². The van der Waals surface area contributed by atoms with Gasteiger partial charge in [-0.15, -0.1) is 0 Å². The Kier molecular flexibility index (Phi) is 2.45. The van der Waals surface area contributed by atoms with Crippen LogP contribution >= 0.6 is 0 Å². The zero-order chi connectivity index (χ0) is 12.6. The molecule has 0 aliphatic rings. The van der Waals surface area contributed by atoms with Crippen LogP contribution in [0.25, 0.3) is 10.8 Å². The van der Waals surface area contributed by atoms with Gasteiger partial charge in [0, 0.05) is 17.6 Å². The second-order valence-corrected chi connectivity index (χ2v) is 3.32. The summed E-state index contributed by atoms with van der Waals surface area (Å²) < 4.78 is 37.2. The number of rotatable bonds is 1. The van der Waals surface area contributed by atoms with E-state index in [2.05, 4.69) is 4.98 Å². The van der Waals surface area contributed by atoms with Crippen molar-refractivity contribution < 1.29 is 18.1 Å². The van der Waals surface area contributed by atoms with E-state index in [4.69, 9.17) is 0 Å². The average Bonchev–Trinajstić information content (AvgIpc) is 2.26. The van der Waals surface area contributed by atoms with E-state index in [1.807, 2.05) is 0 Å². The van der Waals surface area contributed by atoms with Crippen LogP contribution in [0, 0.1) is 10.1 Å². The summed E-state index contributed by atoms with van der Waals surface area (Å²) in [4.78, 5) is 13.2. The highest BCUT2D eigenvalue weighted by Gasteiger charge is 2.33. The standard InChI is InChI=1S/C10H5F3N2O2/c11-10(12,13)9-4-7-6(5-14-9)2-1-3-8(7)15(16)17/h1-5H. The molecule has 0 N–H and O–H groups in total. The molecule has 0 radical (unpaired) electrons. The summed E-state index contributed by atoms with van der Waals surface area (Å²) in [5.41, 5.74) is -1.50. The third-order valence-corrected chi connectivity index (χ3v) is 2.23. The highest BCUT2D eigenvalue weighted by molar-refractivity contribution is 5.90. The quantitative estimate of drug-likeness (QED) is 0.570. The summed E-state index contributed by atoms with van der Waals surface area (Å²) in [6.45, 7) is 0. The maximum absolute atomic E-state index is 12.4. The van der Waals surface area contributed by atoms with E-state index in [-0.39, 0.29) is 11.1 Å². The van der Waals surface area contributed by atoms with E-state index in [9.17, 15) is 23.3 Å². The first kappa shape index (κ1) is 11.3. The maximum Gasteiger partial charge on any atom is 0.433 e. The molecule has 0 aliphatic heterocycles. The van der Waals surface area contributed by atoms with Gasteiger partial charge in [-0.1, -0.05) is 12.1 Å². The molecule has 1 heterocycles. The van der Waals surface area contributed by atoms with Gasteiger partial charge in [-0.2, -0.15) is 13.2 Å². The molecule has 2 aromatic rings. The zero-order valence-corrected chi connectivity index (χ0v) is 8.23. The molecule has 17 heavy (non-hydrogen) atoms. The van der Waals surface area contributed by atoms with Crippen LogP contribution in [0.4, 0.5) is 18.9 Å². The monoisotopic (exact) mass is 242 g/mol. The molecule has 1 aromatic carbocycles. The smallest absolute Gasteiger partial charge is 0.258 e. The van der Waals surface area contributed by atoms with Crippen molar-refractivity contribution in [2.45, 2.75) is 6.18 Å². The lowest BCUT2D eigenvalue weighted by molar-refractivity contribution is -0.383. The number of benzene rings is 1. The lowest BCUT2D eigenvalue weighted by Gasteiger charge is -2.06. The van der Waals surface area contributed by atoms with E-state index >= 15 is 0 Å². The van der Waals surface area contributed by atoms with Crippen LogP contribution in [0.3, 0.4) is 0 Å². The number of hydrogen-bond donors (Lipinski definition) is 0. The molecule has 7 heteroatoms. The van der Waals surface area contributed by atoms with Crippen molar-refractivity contribution in [1.29, 1.82) is 0 Å². The van der Waals surface area contributed by atoms with Crippen LogP contribution in [0.1, 0.15) is 5.69 Å². The molecule has 0 saturated heterocycles. The number of nitro benzene ring substituents is 1. The molecule has 0 bridgehead atoms. The SMILES string of the molecule is O=[N+]([O-])c1cccc2cnc(C(F)(F)F)cc12. The van der Waals surface area contributed by atoms with Gasteiger partial charge in [-0.25, -0.2) is 0 Å². The van der Waals surface area contributed by atoms with Gasteiger partial charge >= 0.3 is 6.18 Å². The third-order valence-electron chi connectivity index (χ3n) is 2.23. The molecule has 88 valence electrons. The summed E-state index contributed by atoms with van der Waals surface area (Å²) in [6.07, 6.45) is -3.64. The normalized spacial score (nSPS) is 11.7. The Bertz CT molecular complexity index is 596. The molecule has 0 aliphatic carbocycles. The van der Waals surface area contributed by atoms with Crippen LogP contribution in [-0.2, 0) is 6.18 Å². The number of non-ortho nitro benzene ring substituents is 1. The summed E-state index contributed by atoms with van der Waals surface area (Å²) in [5.74, 6) is 0. The van der Waals surface area contributed by atoms with Gasteiger partial charge in [0.15, 0.2) is 0 Å². The van der Waals surface area contributed by atoms with Crippen LogP contribution in [0.5, 0.6) is 0 Å². The largest absolute Gasteiger partial charge is 0.433 e. The number of pyridine rings is 1. The summed E-state index contributed by atoms with van der Waals surface area (Å²) in [5, 5.41) is 10.9. The van der Waals surface area contributed by atoms with Gasteiger partial charge in [-0.05, 0) is 6.07 Å². The molecule has 0 atom stereocenters. The fraction of sp³-hybridized carbons (Fsp3) is 0.100. The predicted octanol–water partition coefficient (Wildman–Crippen LogP) is 3.16. The van der Waals surface area contributed by atoms with Gasteiger partial charge < -0.3 is 0 Å². The second kappa shape index (κ2) is 3.69. The minimum Gasteiger partial charge on any atom is -0.258 e. The first-order chi connectivity index (χ1) is 7.89. The second-order valence-electron chi connectivity index (χ2n) is 3.32. The number of alkyl halides is 3. The van der Waals surface area contributed by atoms with Gasteiger partial charge in [-0.3, -0.25) is 15.1 Å². The third kappa shape index (κ3) is 2.03. The molecule has 0 saturated carbocycles. The van der Waals surface area contributed by atoms with Crippen LogP contribution in [0.2, 0.25) is 0 Å². The van der Waals surface area contributed by atoms with E-state index in [1.165, 1.54) is 12.1 Å². The Morgan fingerprint density at radius 3 is 2.59 bits per heavy atom. The molecule has 0 spiro atoms. The Morgan fingerprint density at radius 1 is 1.29 bits per heavy atom. The number of halogens is 3. The minimum absolute atomic E-state index is 0.0696. The molecular formula is C10H5F3N2O2.